The number of nitrogens with one attached hydrogen (secondary N) is 1. The van der Waals surface area contributed by atoms with Gasteiger partial charge in [0.05, 0.1) is 15.6 Å². The Morgan fingerprint density at radius 1 is 1.12 bits per heavy atom. The molecule has 0 aliphatic heterocycles. The first kappa shape index (κ1) is 18.0. The van der Waals surface area contributed by atoms with Gasteiger partial charge < -0.3 is 9.73 Å². The largest absolute Gasteiger partial charge is 0.451 e. The van der Waals surface area contributed by atoms with Crippen molar-refractivity contribution in [3.63, 3.8) is 0 Å². The molecular weight excluding hydrogens is 379 g/mol. The van der Waals surface area contributed by atoms with Crippen molar-refractivity contribution in [2.45, 2.75) is 6.92 Å². The zero-order valence-electron chi connectivity index (χ0n) is 13.5. The van der Waals surface area contributed by atoms with Crippen molar-refractivity contribution in [3.8, 4) is 11.3 Å². The molecule has 0 radical (unpaired) electrons. The molecule has 8 heteroatoms. The number of hydrogen-bond donors (Lipinski definition) is 1. The number of nitro groups is 1. The number of carbonyl (C=O) groups excluding carboxylic acids is 1. The maximum Gasteiger partial charge on any atom is 0.291 e. The molecule has 0 saturated carbocycles. The van der Waals surface area contributed by atoms with Gasteiger partial charge >= 0.3 is 0 Å². The third-order valence-corrected chi connectivity index (χ3v) is 4.23. The number of nitrogens with zero attached hydrogens (tertiary/aromatic N) is 1. The minimum Gasteiger partial charge on any atom is -0.451 e. The Morgan fingerprint density at radius 2 is 1.81 bits per heavy atom. The van der Waals surface area contributed by atoms with E-state index in [1.807, 2.05) is 0 Å². The van der Waals surface area contributed by atoms with Gasteiger partial charge in [-0.1, -0.05) is 23.2 Å². The number of amides is 1. The summed E-state index contributed by atoms with van der Waals surface area (Å²) in [6, 6.07) is 12.3. The number of halogens is 2. The summed E-state index contributed by atoms with van der Waals surface area (Å²) >= 11 is 12.0. The Hall–Kier alpha value is -2.83. The third-order valence-electron chi connectivity index (χ3n) is 3.66. The lowest BCUT2D eigenvalue weighted by molar-refractivity contribution is -0.384. The number of hydrogen-bond acceptors (Lipinski definition) is 4. The number of non-ortho nitro benzene ring substituents is 1. The lowest BCUT2D eigenvalue weighted by Gasteiger charge is -2.06. The molecule has 3 rings (SSSR count). The van der Waals surface area contributed by atoms with Crippen molar-refractivity contribution in [2.24, 2.45) is 0 Å². The normalized spacial score (nSPS) is 10.6. The van der Waals surface area contributed by atoms with Crippen LogP contribution in [0.5, 0.6) is 0 Å². The number of nitro benzene ring substituents is 1. The monoisotopic (exact) mass is 390 g/mol. The molecule has 0 bridgehead atoms. The average molecular weight is 391 g/mol. The van der Waals surface area contributed by atoms with E-state index in [4.69, 9.17) is 27.6 Å². The second-order valence-electron chi connectivity index (χ2n) is 5.51. The van der Waals surface area contributed by atoms with Crippen LogP contribution >= 0.6 is 23.2 Å². The topological polar surface area (TPSA) is 85.4 Å². The zero-order valence-corrected chi connectivity index (χ0v) is 15.0. The smallest absolute Gasteiger partial charge is 0.291 e. The quantitative estimate of drug-likeness (QED) is 0.455. The van der Waals surface area contributed by atoms with Gasteiger partial charge in [0.15, 0.2) is 5.76 Å². The van der Waals surface area contributed by atoms with Crippen LogP contribution in [0.2, 0.25) is 10.0 Å². The van der Waals surface area contributed by atoms with Gasteiger partial charge in [-0.2, -0.15) is 0 Å². The highest BCUT2D eigenvalue weighted by atomic mass is 35.5. The third kappa shape index (κ3) is 3.71. The molecule has 26 heavy (non-hydrogen) atoms. The molecule has 1 aromatic heterocycles. The number of carbonyl (C=O) groups is 1. The number of furan rings is 1. The van der Waals surface area contributed by atoms with E-state index < -0.39 is 10.8 Å². The Balaban J connectivity index is 1.86. The summed E-state index contributed by atoms with van der Waals surface area (Å²) in [5, 5.41) is 14.2. The highest BCUT2D eigenvalue weighted by molar-refractivity contribution is 6.35. The Bertz CT molecular complexity index is 997. The van der Waals surface area contributed by atoms with Crippen LogP contribution in [0.15, 0.2) is 52.9 Å². The van der Waals surface area contributed by atoms with Crippen molar-refractivity contribution in [2.75, 3.05) is 5.32 Å². The van der Waals surface area contributed by atoms with Crippen molar-refractivity contribution in [3.05, 3.63) is 80.0 Å². The first-order valence-corrected chi connectivity index (χ1v) is 8.22. The molecule has 1 N–H and O–H groups in total. The van der Waals surface area contributed by atoms with Crippen LogP contribution in [0.1, 0.15) is 16.1 Å². The fraction of sp³-hybridized carbons (Fsp3) is 0.0556. The van der Waals surface area contributed by atoms with Gasteiger partial charge in [-0.05, 0) is 43.3 Å². The molecule has 2 aromatic carbocycles. The molecule has 0 spiro atoms. The number of anilines is 1. The predicted octanol–water partition coefficient (Wildman–Crippen LogP) is 5.72. The molecule has 0 aliphatic carbocycles. The summed E-state index contributed by atoms with van der Waals surface area (Å²) in [7, 11) is 0. The zero-order chi connectivity index (χ0) is 18.8. The van der Waals surface area contributed by atoms with Crippen LogP contribution < -0.4 is 5.32 Å². The molecule has 0 unspecified atom stereocenters. The van der Waals surface area contributed by atoms with Crippen LogP contribution in [0.3, 0.4) is 0 Å². The van der Waals surface area contributed by atoms with E-state index in [0.717, 1.165) is 0 Å². The van der Waals surface area contributed by atoms with Gasteiger partial charge in [-0.15, -0.1) is 0 Å². The Morgan fingerprint density at radius 3 is 2.46 bits per heavy atom. The standard InChI is InChI=1S/C18H12Cl2N2O4/c1-10-8-16(11-2-5-13(6-3-11)22(24)25)26-17(10)18(23)21-15-9-12(19)4-7-14(15)20/h2-9H,1H3,(H,21,23). The minimum atomic E-state index is -0.481. The van der Waals surface area contributed by atoms with Gasteiger partial charge in [0, 0.05) is 28.3 Å². The average Bonchev–Trinajstić information content (AvgIpc) is 3.00. The molecule has 6 nitrogen and oxygen atoms in total. The number of benzene rings is 2. The Labute approximate surface area is 158 Å². The maximum atomic E-state index is 12.5. The summed E-state index contributed by atoms with van der Waals surface area (Å²) in [6.07, 6.45) is 0. The van der Waals surface area contributed by atoms with E-state index in [-0.39, 0.29) is 11.4 Å². The van der Waals surface area contributed by atoms with E-state index in [9.17, 15) is 14.9 Å². The van der Waals surface area contributed by atoms with Crippen LogP contribution in [-0.4, -0.2) is 10.8 Å². The lowest BCUT2D eigenvalue weighted by Crippen LogP contribution is -2.12. The van der Waals surface area contributed by atoms with Crippen LogP contribution in [0.4, 0.5) is 11.4 Å². The highest BCUT2D eigenvalue weighted by Gasteiger charge is 2.18. The predicted molar refractivity (Wildman–Crippen MR) is 100.0 cm³/mol. The van der Waals surface area contributed by atoms with E-state index in [2.05, 4.69) is 5.32 Å². The van der Waals surface area contributed by atoms with Crippen LogP contribution in [0.25, 0.3) is 11.3 Å². The highest BCUT2D eigenvalue weighted by Crippen LogP contribution is 2.29. The fourth-order valence-corrected chi connectivity index (χ4v) is 2.71. The fourth-order valence-electron chi connectivity index (χ4n) is 2.37. The summed E-state index contributed by atoms with van der Waals surface area (Å²) in [5.74, 6) is 0.0777. The first-order chi connectivity index (χ1) is 12.3. The number of aryl methyl sites for hydroxylation is 1. The van der Waals surface area contributed by atoms with Gasteiger partial charge in [-0.3, -0.25) is 14.9 Å². The maximum absolute atomic E-state index is 12.5. The van der Waals surface area contributed by atoms with Crippen LogP contribution in [0, 0.1) is 17.0 Å². The first-order valence-electron chi connectivity index (χ1n) is 7.47. The minimum absolute atomic E-state index is 0.0226. The van der Waals surface area contributed by atoms with E-state index in [1.165, 1.54) is 18.2 Å². The molecule has 0 saturated heterocycles. The molecule has 1 heterocycles. The molecule has 1 amide bonds. The summed E-state index contributed by atoms with van der Waals surface area (Å²) < 4.78 is 5.65. The second kappa shape index (κ2) is 7.19. The summed E-state index contributed by atoms with van der Waals surface area (Å²) in [6.45, 7) is 1.73. The van der Waals surface area contributed by atoms with E-state index in [0.29, 0.717) is 32.6 Å². The van der Waals surface area contributed by atoms with Crippen molar-refractivity contribution >= 4 is 40.5 Å². The van der Waals surface area contributed by atoms with Crippen molar-refractivity contribution in [1.82, 2.24) is 0 Å². The lowest BCUT2D eigenvalue weighted by atomic mass is 10.1. The molecule has 3 aromatic rings. The molecule has 0 fully saturated rings. The van der Waals surface area contributed by atoms with Crippen LogP contribution in [-0.2, 0) is 0 Å². The van der Waals surface area contributed by atoms with Crippen molar-refractivity contribution in [1.29, 1.82) is 0 Å². The number of rotatable bonds is 4. The second-order valence-corrected chi connectivity index (χ2v) is 6.35. The van der Waals surface area contributed by atoms with Gasteiger partial charge in [0.1, 0.15) is 5.76 Å². The summed E-state index contributed by atoms with van der Waals surface area (Å²) in [5.41, 5.74) is 1.59. The molecular formula is C18H12Cl2N2O4. The molecule has 0 atom stereocenters. The molecule has 0 aliphatic rings. The molecule has 132 valence electrons. The van der Waals surface area contributed by atoms with Gasteiger partial charge in [0.2, 0.25) is 0 Å². The summed E-state index contributed by atoms with van der Waals surface area (Å²) in [4.78, 5) is 22.7. The van der Waals surface area contributed by atoms with Gasteiger partial charge in [-0.25, -0.2) is 0 Å². The van der Waals surface area contributed by atoms with E-state index in [1.54, 1.807) is 37.3 Å². The SMILES string of the molecule is Cc1cc(-c2ccc([N+](=O)[O-])cc2)oc1C(=O)Nc1cc(Cl)ccc1Cl. The van der Waals surface area contributed by atoms with E-state index >= 15 is 0 Å². The Kier molecular flexibility index (Phi) is 4.97. The van der Waals surface area contributed by atoms with Gasteiger partial charge in [0.25, 0.3) is 11.6 Å². The van der Waals surface area contributed by atoms with Crippen molar-refractivity contribution < 1.29 is 14.1 Å².